The number of nitrogens with zero attached hydrogens (tertiary/aromatic N) is 4. The monoisotopic (exact) mass is 329 g/mol. The molecule has 1 aromatic carbocycles. The van der Waals surface area contributed by atoms with E-state index in [9.17, 15) is 0 Å². The molecule has 0 aliphatic heterocycles. The Morgan fingerprint density at radius 3 is 2.48 bits per heavy atom. The van der Waals surface area contributed by atoms with Crippen LogP contribution < -0.4 is 5.32 Å². The van der Waals surface area contributed by atoms with Gasteiger partial charge in [0.1, 0.15) is 5.82 Å². The Hall–Kier alpha value is -2.14. The minimum Gasteiger partial charge on any atom is -0.368 e. The summed E-state index contributed by atoms with van der Waals surface area (Å²) in [5.74, 6) is 1.67. The van der Waals surface area contributed by atoms with E-state index in [0.29, 0.717) is 0 Å². The van der Waals surface area contributed by atoms with Crippen LogP contribution in [0.5, 0.6) is 0 Å². The largest absolute Gasteiger partial charge is 0.368 e. The number of anilines is 1. The van der Waals surface area contributed by atoms with Gasteiger partial charge in [-0.05, 0) is 36.2 Å². The molecule has 0 unspecified atom stereocenters. The van der Waals surface area contributed by atoms with Crippen LogP contribution in [-0.2, 0) is 11.8 Å². The van der Waals surface area contributed by atoms with Crippen LogP contribution >= 0.6 is 11.6 Å². The number of benzene rings is 1. The van der Waals surface area contributed by atoms with Gasteiger partial charge in [0.15, 0.2) is 11.5 Å². The van der Waals surface area contributed by atoms with E-state index >= 15 is 0 Å². The van der Waals surface area contributed by atoms with Crippen molar-refractivity contribution >= 4 is 23.1 Å². The molecule has 5 nitrogen and oxygen atoms in total. The van der Waals surface area contributed by atoms with Crippen molar-refractivity contribution in [2.45, 2.75) is 32.6 Å². The van der Waals surface area contributed by atoms with Crippen molar-refractivity contribution in [3.8, 4) is 0 Å². The van der Waals surface area contributed by atoms with E-state index in [1.807, 2.05) is 40.9 Å². The fraction of sp³-hybridized carbons (Fsp3) is 0.353. The third-order valence-electron chi connectivity index (χ3n) is 3.57. The number of rotatable bonds is 4. The van der Waals surface area contributed by atoms with Gasteiger partial charge < -0.3 is 5.32 Å². The summed E-state index contributed by atoms with van der Waals surface area (Å²) in [6.07, 6.45) is 0.908. The number of aromatic nitrogens is 4. The molecule has 0 amide bonds. The predicted molar refractivity (Wildman–Crippen MR) is 93.1 cm³/mol. The molecule has 0 radical (unpaired) electrons. The Morgan fingerprint density at radius 1 is 1.04 bits per heavy atom. The molecule has 0 fully saturated rings. The van der Waals surface area contributed by atoms with E-state index in [4.69, 9.17) is 11.6 Å². The summed E-state index contributed by atoms with van der Waals surface area (Å²) in [7, 11) is 0. The zero-order chi connectivity index (χ0) is 16.4. The van der Waals surface area contributed by atoms with Crippen LogP contribution in [0.25, 0.3) is 5.65 Å². The number of hydrogen-bond donors (Lipinski definition) is 1. The lowest BCUT2D eigenvalue weighted by molar-refractivity contribution is 0.527. The van der Waals surface area contributed by atoms with Crippen LogP contribution in [-0.4, -0.2) is 26.4 Å². The SMILES string of the molecule is CC(C)(C)c1nnc2ccc(NCCc3ccc(Cl)cc3)nn12. The number of fused-ring (bicyclic) bond motifs is 1. The Balaban J connectivity index is 1.72. The highest BCUT2D eigenvalue weighted by Gasteiger charge is 2.21. The molecule has 0 atom stereocenters. The molecule has 3 aromatic rings. The predicted octanol–water partition coefficient (Wildman–Crippen LogP) is 3.73. The van der Waals surface area contributed by atoms with E-state index in [1.165, 1.54) is 5.56 Å². The van der Waals surface area contributed by atoms with Crippen LogP contribution in [0.15, 0.2) is 36.4 Å². The first-order valence-corrected chi connectivity index (χ1v) is 8.02. The molecule has 3 rings (SSSR count). The van der Waals surface area contributed by atoms with Crippen molar-refractivity contribution < 1.29 is 0 Å². The molecule has 0 aliphatic carbocycles. The van der Waals surface area contributed by atoms with Crippen LogP contribution in [0.4, 0.5) is 5.82 Å². The van der Waals surface area contributed by atoms with Crippen molar-refractivity contribution in [3.63, 3.8) is 0 Å². The van der Waals surface area contributed by atoms with Crippen molar-refractivity contribution in [2.24, 2.45) is 0 Å². The second kappa shape index (κ2) is 6.16. The molecule has 6 heteroatoms. The first-order chi connectivity index (χ1) is 10.9. The quantitative estimate of drug-likeness (QED) is 0.792. The summed E-state index contributed by atoms with van der Waals surface area (Å²) in [6.45, 7) is 7.11. The van der Waals surface area contributed by atoms with E-state index < -0.39 is 0 Å². The van der Waals surface area contributed by atoms with Crippen LogP contribution in [0.2, 0.25) is 5.02 Å². The van der Waals surface area contributed by atoms with Gasteiger partial charge in [-0.3, -0.25) is 0 Å². The van der Waals surface area contributed by atoms with Gasteiger partial charge in [-0.15, -0.1) is 15.3 Å². The molecular weight excluding hydrogens is 310 g/mol. The second-order valence-corrected chi connectivity index (χ2v) is 7.00. The third-order valence-corrected chi connectivity index (χ3v) is 3.82. The van der Waals surface area contributed by atoms with E-state index in [0.717, 1.165) is 35.3 Å². The topological polar surface area (TPSA) is 55.1 Å². The summed E-state index contributed by atoms with van der Waals surface area (Å²) >= 11 is 5.90. The normalized spacial score (nSPS) is 11.8. The Bertz CT molecular complexity index is 802. The van der Waals surface area contributed by atoms with Gasteiger partial charge in [0.25, 0.3) is 0 Å². The van der Waals surface area contributed by atoms with Crippen LogP contribution in [0.1, 0.15) is 32.2 Å². The maximum Gasteiger partial charge on any atom is 0.178 e. The minimum absolute atomic E-state index is 0.103. The molecule has 23 heavy (non-hydrogen) atoms. The van der Waals surface area contributed by atoms with Gasteiger partial charge in [-0.2, -0.15) is 4.52 Å². The van der Waals surface area contributed by atoms with Crippen molar-refractivity contribution in [3.05, 3.63) is 52.8 Å². The Morgan fingerprint density at radius 2 is 1.78 bits per heavy atom. The highest BCUT2D eigenvalue weighted by molar-refractivity contribution is 6.30. The zero-order valence-corrected chi connectivity index (χ0v) is 14.3. The lowest BCUT2D eigenvalue weighted by Gasteiger charge is -2.15. The Kier molecular flexibility index (Phi) is 4.22. The molecule has 0 saturated heterocycles. The number of hydrogen-bond acceptors (Lipinski definition) is 4. The molecule has 120 valence electrons. The third kappa shape index (κ3) is 3.62. The molecule has 1 N–H and O–H groups in total. The van der Waals surface area contributed by atoms with E-state index in [1.54, 1.807) is 0 Å². The van der Waals surface area contributed by atoms with Crippen molar-refractivity contribution in [1.29, 1.82) is 0 Å². The second-order valence-electron chi connectivity index (χ2n) is 6.57. The summed E-state index contributed by atoms with van der Waals surface area (Å²) in [5.41, 5.74) is 1.90. The molecular formula is C17H20ClN5. The molecule has 0 saturated carbocycles. The zero-order valence-electron chi connectivity index (χ0n) is 13.5. The minimum atomic E-state index is -0.103. The number of halogens is 1. The van der Waals surface area contributed by atoms with Gasteiger partial charge in [0.2, 0.25) is 0 Å². The highest BCUT2D eigenvalue weighted by Crippen LogP contribution is 2.20. The first kappa shape index (κ1) is 15.7. The van der Waals surface area contributed by atoms with Gasteiger partial charge >= 0.3 is 0 Å². The smallest absolute Gasteiger partial charge is 0.178 e. The standard InChI is InChI=1S/C17H20ClN5/c1-17(2,3)16-21-20-15-9-8-14(22-23(15)16)19-11-10-12-4-6-13(18)7-5-12/h4-9H,10-11H2,1-3H3,(H,19,22). The van der Waals surface area contributed by atoms with Crippen molar-refractivity contribution in [1.82, 2.24) is 19.8 Å². The van der Waals surface area contributed by atoms with Gasteiger partial charge in [-0.25, -0.2) is 0 Å². The molecule has 2 aromatic heterocycles. The van der Waals surface area contributed by atoms with E-state index in [-0.39, 0.29) is 5.41 Å². The first-order valence-electron chi connectivity index (χ1n) is 7.65. The number of nitrogens with one attached hydrogen (secondary N) is 1. The summed E-state index contributed by atoms with van der Waals surface area (Å²) in [5, 5.41) is 17.1. The average Bonchev–Trinajstić information content (AvgIpc) is 2.92. The lowest BCUT2D eigenvalue weighted by atomic mass is 9.96. The maximum atomic E-state index is 5.90. The van der Waals surface area contributed by atoms with Crippen LogP contribution in [0, 0.1) is 0 Å². The maximum absolute atomic E-state index is 5.90. The molecule has 2 heterocycles. The lowest BCUT2D eigenvalue weighted by Crippen LogP contribution is -2.18. The fourth-order valence-corrected chi connectivity index (χ4v) is 2.46. The van der Waals surface area contributed by atoms with Crippen molar-refractivity contribution in [2.75, 3.05) is 11.9 Å². The van der Waals surface area contributed by atoms with E-state index in [2.05, 4.69) is 41.4 Å². The molecule has 0 aliphatic rings. The summed E-state index contributed by atoms with van der Waals surface area (Å²) in [6, 6.07) is 11.8. The van der Waals surface area contributed by atoms with Gasteiger partial charge in [0, 0.05) is 17.0 Å². The summed E-state index contributed by atoms with van der Waals surface area (Å²) < 4.78 is 1.81. The molecule has 0 bridgehead atoms. The van der Waals surface area contributed by atoms with Crippen LogP contribution in [0.3, 0.4) is 0 Å². The fourth-order valence-electron chi connectivity index (χ4n) is 2.34. The summed E-state index contributed by atoms with van der Waals surface area (Å²) in [4.78, 5) is 0. The molecule has 0 spiro atoms. The highest BCUT2D eigenvalue weighted by atomic mass is 35.5. The van der Waals surface area contributed by atoms with Gasteiger partial charge in [0.05, 0.1) is 0 Å². The van der Waals surface area contributed by atoms with Gasteiger partial charge in [-0.1, -0.05) is 44.5 Å². The Labute approximate surface area is 140 Å². The average molecular weight is 330 g/mol.